The fraction of sp³-hybridized carbons (Fsp3) is 0.188. The van der Waals surface area contributed by atoms with E-state index in [0.29, 0.717) is 16.5 Å². The minimum atomic E-state index is 0.0832. The van der Waals surface area contributed by atoms with Gasteiger partial charge in [-0.05, 0) is 42.7 Å². The molecule has 98 valence electrons. The first kappa shape index (κ1) is 14.1. The zero-order valence-corrected chi connectivity index (χ0v) is 12.3. The summed E-state index contributed by atoms with van der Waals surface area (Å²) in [5, 5.41) is 1.11. The summed E-state index contributed by atoms with van der Waals surface area (Å²) in [6.45, 7) is 3.90. The lowest BCUT2D eigenvalue weighted by molar-refractivity contribution is 0.0992. The van der Waals surface area contributed by atoms with Crippen molar-refractivity contribution < 1.29 is 4.79 Å². The molecule has 2 aromatic rings. The molecule has 0 N–H and O–H groups in total. The topological polar surface area (TPSA) is 17.1 Å². The summed E-state index contributed by atoms with van der Waals surface area (Å²) in [5.41, 5.74) is 3.58. The SMILES string of the molecule is Cc1cccc(C)c1C(=O)Cc1ccc(Cl)cc1Cl. The highest BCUT2D eigenvalue weighted by Gasteiger charge is 2.14. The van der Waals surface area contributed by atoms with E-state index >= 15 is 0 Å². The van der Waals surface area contributed by atoms with Gasteiger partial charge >= 0.3 is 0 Å². The molecule has 0 unspecified atom stereocenters. The number of ketones is 1. The molecule has 2 rings (SSSR count). The molecule has 0 aromatic heterocycles. The molecule has 0 bridgehead atoms. The Kier molecular flexibility index (Phi) is 4.28. The fourth-order valence-electron chi connectivity index (χ4n) is 2.18. The first-order valence-corrected chi connectivity index (χ1v) is 6.78. The zero-order chi connectivity index (χ0) is 14.0. The van der Waals surface area contributed by atoms with Gasteiger partial charge in [-0.2, -0.15) is 0 Å². The molecule has 0 amide bonds. The van der Waals surface area contributed by atoms with E-state index in [1.165, 1.54) is 0 Å². The Bertz CT molecular complexity index is 612. The molecule has 0 heterocycles. The molecule has 0 fully saturated rings. The predicted octanol–water partition coefficient (Wildman–Crippen LogP) is 5.04. The van der Waals surface area contributed by atoms with Crippen molar-refractivity contribution in [2.45, 2.75) is 20.3 Å². The van der Waals surface area contributed by atoms with E-state index < -0.39 is 0 Å². The number of rotatable bonds is 3. The van der Waals surface area contributed by atoms with Gasteiger partial charge in [0.15, 0.2) is 5.78 Å². The summed E-state index contributed by atoms with van der Waals surface area (Å²) in [6, 6.07) is 11.1. The molecule has 0 aliphatic carbocycles. The maximum Gasteiger partial charge on any atom is 0.167 e. The molecule has 0 saturated heterocycles. The first-order valence-electron chi connectivity index (χ1n) is 6.02. The van der Waals surface area contributed by atoms with Gasteiger partial charge in [0.05, 0.1) is 0 Å². The van der Waals surface area contributed by atoms with E-state index in [9.17, 15) is 4.79 Å². The first-order chi connectivity index (χ1) is 8.99. The lowest BCUT2D eigenvalue weighted by Gasteiger charge is -2.09. The lowest BCUT2D eigenvalue weighted by atomic mass is 9.95. The molecule has 19 heavy (non-hydrogen) atoms. The fourth-order valence-corrected chi connectivity index (χ4v) is 2.66. The Morgan fingerprint density at radius 2 is 1.68 bits per heavy atom. The highest BCUT2D eigenvalue weighted by Crippen LogP contribution is 2.23. The molecule has 3 heteroatoms. The van der Waals surface area contributed by atoms with Gasteiger partial charge in [0.2, 0.25) is 0 Å². The van der Waals surface area contributed by atoms with Crippen LogP contribution in [0.2, 0.25) is 10.0 Å². The van der Waals surface area contributed by atoms with Crippen LogP contribution in [0.25, 0.3) is 0 Å². The minimum absolute atomic E-state index is 0.0832. The second-order valence-corrected chi connectivity index (χ2v) is 5.45. The number of hydrogen-bond acceptors (Lipinski definition) is 1. The van der Waals surface area contributed by atoms with Crippen LogP contribution in [0.15, 0.2) is 36.4 Å². The number of hydrogen-bond donors (Lipinski definition) is 0. The van der Waals surface area contributed by atoms with Gasteiger partial charge in [0, 0.05) is 22.0 Å². The van der Waals surface area contributed by atoms with Crippen molar-refractivity contribution in [3.8, 4) is 0 Å². The maximum atomic E-state index is 12.4. The van der Waals surface area contributed by atoms with E-state index in [4.69, 9.17) is 23.2 Å². The Balaban J connectivity index is 2.31. The van der Waals surface area contributed by atoms with Gasteiger partial charge < -0.3 is 0 Å². The Morgan fingerprint density at radius 1 is 1.05 bits per heavy atom. The molecule has 0 aliphatic heterocycles. The van der Waals surface area contributed by atoms with Crippen LogP contribution in [0.5, 0.6) is 0 Å². The zero-order valence-electron chi connectivity index (χ0n) is 10.8. The average Bonchev–Trinajstić information content (AvgIpc) is 2.32. The van der Waals surface area contributed by atoms with E-state index in [1.807, 2.05) is 32.0 Å². The van der Waals surface area contributed by atoms with Gasteiger partial charge in [-0.3, -0.25) is 4.79 Å². The third-order valence-electron chi connectivity index (χ3n) is 3.13. The van der Waals surface area contributed by atoms with Gasteiger partial charge in [-0.25, -0.2) is 0 Å². The van der Waals surface area contributed by atoms with Crippen molar-refractivity contribution in [1.82, 2.24) is 0 Å². The standard InChI is InChI=1S/C16H14Cl2O/c1-10-4-3-5-11(2)16(10)15(19)8-12-6-7-13(17)9-14(12)18/h3-7,9H,8H2,1-2H3. The maximum absolute atomic E-state index is 12.4. The number of benzene rings is 2. The van der Waals surface area contributed by atoms with Crippen molar-refractivity contribution in [1.29, 1.82) is 0 Å². The number of carbonyl (C=O) groups is 1. The second kappa shape index (κ2) is 5.77. The Labute approximate surface area is 123 Å². The van der Waals surface area contributed by atoms with E-state index in [0.717, 1.165) is 22.3 Å². The van der Waals surface area contributed by atoms with Crippen LogP contribution >= 0.6 is 23.2 Å². The summed E-state index contributed by atoms with van der Waals surface area (Å²) in [7, 11) is 0. The predicted molar refractivity (Wildman–Crippen MR) is 80.4 cm³/mol. The number of halogens is 2. The monoisotopic (exact) mass is 292 g/mol. The molecule has 0 aliphatic rings. The third-order valence-corrected chi connectivity index (χ3v) is 3.71. The minimum Gasteiger partial charge on any atom is -0.294 e. The van der Waals surface area contributed by atoms with E-state index in [-0.39, 0.29) is 5.78 Å². The molecular formula is C16H14Cl2O. The number of Topliss-reactive ketones (excluding diaryl/α,β-unsaturated/α-hetero) is 1. The van der Waals surface area contributed by atoms with Crippen LogP contribution < -0.4 is 0 Å². The van der Waals surface area contributed by atoms with Crippen LogP contribution in [0.1, 0.15) is 27.0 Å². The third kappa shape index (κ3) is 3.17. The van der Waals surface area contributed by atoms with Crippen LogP contribution in [-0.4, -0.2) is 5.78 Å². The molecule has 0 radical (unpaired) electrons. The van der Waals surface area contributed by atoms with E-state index in [2.05, 4.69) is 0 Å². The smallest absolute Gasteiger partial charge is 0.167 e. The molecule has 0 atom stereocenters. The van der Waals surface area contributed by atoms with Gasteiger partial charge in [0.1, 0.15) is 0 Å². The van der Waals surface area contributed by atoms with Gasteiger partial charge in [-0.1, -0.05) is 47.5 Å². The van der Waals surface area contributed by atoms with Crippen LogP contribution in [0, 0.1) is 13.8 Å². The normalized spacial score (nSPS) is 10.5. The highest BCUT2D eigenvalue weighted by atomic mass is 35.5. The van der Waals surface area contributed by atoms with Crippen molar-refractivity contribution in [3.05, 3.63) is 68.7 Å². The largest absolute Gasteiger partial charge is 0.294 e. The van der Waals surface area contributed by atoms with Gasteiger partial charge in [0.25, 0.3) is 0 Å². The quantitative estimate of drug-likeness (QED) is 0.725. The summed E-state index contributed by atoms with van der Waals surface area (Å²) < 4.78 is 0. The molecule has 0 spiro atoms. The van der Waals surface area contributed by atoms with Crippen LogP contribution in [0.4, 0.5) is 0 Å². The second-order valence-electron chi connectivity index (χ2n) is 4.60. The highest BCUT2D eigenvalue weighted by molar-refractivity contribution is 6.35. The Hall–Kier alpha value is -1.31. The summed E-state index contributed by atoms with van der Waals surface area (Å²) in [4.78, 5) is 12.4. The number of aryl methyl sites for hydroxylation is 2. The summed E-state index contributed by atoms with van der Waals surface area (Å²) >= 11 is 12.0. The summed E-state index contributed by atoms with van der Waals surface area (Å²) in [5.74, 6) is 0.0832. The average molecular weight is 293 g/mol. The van der Waals surface area contributed by atoms with Crippen LogP contribution in [-0.2, 0) is 6.42 Å². The van der Waals surface area contributed by atoms with E-state index in [1.54, 1.807) is 18.2 Å². The molecule has 1 nitrogen and oxygen atoms in total. The Morgan fingerprint density at radius 3 is 2.26 bits per heavy atom. The molecule has 2 aromatic carbocycles. The van der Waals surface area contributed by atoms with Crippen molar-refractivity contribution in [3.63, 3.8) is 0 Å². The van der Waals surface area contributed by atoms with Crippen molar-refractivity contribution >= 4 is 29.0 Å². The summed E-state index contributed by atoms with van der Waals surface area (Å²) in [6.07, 6.45) is 0.293. The van der Waals surface area contributed by atoms with Gasteiger partial charge in [-0.15, -0.1) is 0 Å². The number of carbonyl (C=O) groups excluding carboxylic acids is 1. The van der Waals surface area contributed by atoms with Crippen molar-refractivity contribution in [2.24, 2.45) is 0 Å². The van der Waals surface area contributed by atoms with Crippen LogP contribution in [0.3, 0.4) is 0 Å². The lowest BCUT2D eigenvalue weighted by Crippen LogP contribution is -2.08. The molecule has 0 saturated carbocycles. The van der Waals surface area contributed by atoms with Crippen molar-refractivity contribution in [2.75, 3.05) is 0 Å². The molecular weight excluding hydrogens is 279 g/mol.